The van der Waals surface area contributed by atoms with E-state index in [9.17, 15) is 4.79 Å². The molecule has 1 amide bonds. The van der Waals surface area contributed by atoms with Gasteiger partial charge in [-0.1, -0.05) is 67.9 Å². The number of ether oxygens (including phenoxy) is 1. The molecule has 4 rings (SSSR count). The molecule has 0 atom stereocenters. The first-order valence-corrected chi connectivity index (χ1v) is 12.0. The highest BCUT2D eigenvalue weighted by Gasteiger charge is 2.12. The molecule has 4 aromatic rings. The van der Waals surface area contributed by atoms with Crippen molar-refractivity contribution < 1.29 is 9.53 Å². The van der Waals surface area contributed by atoms with Gasteiger partial charge in [0.15, 0.2) is 6.61 Å². The number of nitrogens with one attached hydrogen (secondary N) is 1. The fraction of sp³-hybridized carbons (Fsp3) is 0.185. The van der Waals surface area contributed by atoms with E-state index in [4.69, 9.17) is 21.3 Å². The second kappa shape index (κ2) is 10.2. The first kappa shape index (κ1) is 23.0. The number of amides is 1. The van der Waals surface area contributed by atoms with Crippen molar-refractivity contribution in [3.05, 3.63) is 88.3 Å². The second-order valence-corrected chi connectivity index (χ2v) is 9.40. The van der Waals surface area contributed by atoms with Gasteiger partial charge in [0.25, 0.3) is 5.91 Å². The van der Waals surface area contributed by atoms with Gasteiger partial charge in [-0.25, -0.2) is 4.98 Å². The lowest BCUT2D eigenvalue weighted by atomic mass is 10.0. The van der Waals surface area contributed by atoms with Gasteiger partial charge >= 0.3 is 0 Å². The molecule has 0 saturated carbocycles. The van der Waals surface area contributed by atoms with Crippen LogP contribution in [0.2, 0.25) is 5.02 Å². The lowest BCUT2D eigenvalue weighted by molar-refractivity contribution is -0.118. The minimum atomic E-state index is -0.210. The molecule has 6 heteroatoms. The van der Waals surface area contributed by atoms with Crippen molar-refractivity contribution in [2.75, 3.05) is 11.9 Å². The standard InChI is InChI=1S/C27H25ClN2O2S/c1-17(2)21-12-11-18(3)13-25(21)32-15-26(31)29-20-8-6-7-19(14-20)24-16-33-27(30-24)22-9-4-5-10-23(22)28/h4-14,16-17H,15H2,1-3H3,(H,29,31). The van der Waals surface area contributed by atoms with Gasteiger partial charge in [0.05, 0.1) is 10.7 Å². The van der Waals surface area contributed by atoms with Crippen LogP contribution < -0.4 is 10.1 Å². The van der Waals surface area contributed by atoms with Crippen molar-refractivity contribution in [1.29, 1.82) is 0 Å². The Morgan fingerprint density at radius 3 is 2.70 bits per heavy atom. The average Bonchev–Trinajstić information content (AvgIpc) is 3.28. The zero-order valence-electron chi connectivity index (χ0n) is 18.8. The summed E-state index contributed by atoms with van der Waals surface area (Å²) in [5.41, 5.74) is 5.55. The van der Waals surface area contributed by atoms with Crippen molar-refractivity contribution in [2.24, 2.45) is 0 Å². The summed E-state index contributed by atoms with van der Waals surface area (Å²) in [5, 5.41) is 6.45. The van der Waals surface area contributed by atoms with E-state index >= 15 is 0 Å². The van der Waals surface area contributed by atoms with Crippen LogP contribution in [0, 0.1) is 6.92 Å². The fourth-order valence-electron chi connectivity index (χ4n) is 3.50. The van der Waals surface area contributed by atoms with Gasteiger partial charge in [0.1, 0.15) is 10.8 Å². The highest BCUT2D eigenvalue weighted by atomic mass is 35.5. The molecule has 1 heterocycles. The van der Waals surface area contributed by atoms with Crippen LogP contribution in [0.15, 0.2) is 72.1 Å². The summed E-state index contributed by atoms with van der Waals surface area (Å²) in [4.78, 5) is 17.3. The van der Waals surface area contributed by atoms with E-state index in [1.54, 1.807) is 0 Å². The number of rotatable bonds is 7. The van der Waals surface area contributed by atoms with Crippen molar-refractivity contribution in [3.8, 4) is 27.6 Å². The lowest BCUT2D eigenvalue weighted by Gasteiger charge is -2.15. The molecule has 4 nitrogen and oxygen atoms in total. The Morgan fingerprint density at radius 2 is 1.91 bits per heavy atom. The number of benzene rings is 3. The Morgan fingerprint density at radius 1 is 1.09 bits per heavy atom. The van der Waals surface area contributed by atoms with Crippen LogP contribution >= 0.6 is 22.9 Å². The summed E-state index contributed by atoms with van der Waals surface area (Å²) < 4.78 is 5.86. The van der Waals surface area contributed by atoms with Gasteiger partial charge in [-0.15, -0.1) is 11.3 Å². The van der Waals surface area contributed by atoms with Crippen LogP contribution in [0.3, 0.4) is 0 Å². The summed E-state index contributed by atoms with van der Waals surface area (Å²) in [5.74, 6) is 0.857. The Hall–Kier alpha value is -3.15. The van der Waals surface area contributed by atoms with E-state index in [0.717, 1.165) is 38.7 Å². The maximum atomic E-state index is 12.6. The molecule has 3 aromatic carbocycles. The molecular formula is C27H25ClN2O2S. The third-order valence-electron chi connectivity index (χ3n) is 5.20. The van der Waals surface area contributed by atoms with Crippen LogP contribution in [0.25, 0.3) is 21.8 Å². The molecule has 0 fully saturated rings. The zero-order valence-corrected chi connectivity index (χ0v) is 20.3. The van der Waals surface area contributed by atoms with Crippen LogP contribution in [0.1, 0.15) is 30.9 Å². The van der Waals surface area contributed by atoms with Gasteiger partial charge in [0.2, 0.25) is 0 Å². The molecular weight excluding hydrogens is 452 g/mol. The Kier molecular flexibility index (Phi) is 7.11. The third kappa shape index (κ3) is 5.62. The van der Waals surface area contributed by atoms with Gasteiger partial charge < -0.3 is 10.1 Å². The molecule has 0 bridgehead atoms. The number of aryl methyl sites for hydroxylation is 1. The molecule has 0 unspecified atom stereocenters. The van der Waals surface area contributed by atoms with Crippen LogP contribution in [-0.4, -0.2) is 17.5 Å². The smallest absolute Gasteiger partial charge is 0.262 e. The van der Waals surface area contributed by atoms with Crippen LogP contribution in [0.4, 0.5) is 5.69 Å². The summed E-state index contributed by atoms with van der Waals surface area (Å²) in [6.07, 6.45) is 0. The number of aromatic nitrogens is 1. The lowest BCUT2D eigenvalue weighted by Crippen LogP contribution is -2.20. The molecule has 1 aromatic heterocycles. The minimum Gasteiger partial charge on any atom is -0.483 e. The Bertz CT molecular complexity index is 1280. The number of nitrogens with zero attached hydrogens (tertiary/aromatic N) is 1. The molecule has 0 aliphatic carbocycles. The summed E-state index contributed by atoms with van der Waals surface area (Å²) in [6.45, 7) is 6.18. The first-order chi connectivity index (χ1) is 15.9. The second-order valence-electron chi connectivity index (χ2n) is 8.13. The fourth-order valence-corrected chi connectivity index (χ4v) is 4.65. The SMILES string of the molecule is Cc1ccc(C(C)C)c(OCC(=O)Nc2cccc(-c3csc(-c4ccccc4Cl)n3)c2)c1. The number of anilines is 1. The van der Waals surface area contributed by atoms with E-state index in [1.165, 1.54) is 11.3 Å². The molecule has 0 aliphatic rings. The minimum absolute atomic E-state index is 0.0548. The van der Waals surface area contributed by atoms with Crippen LogP contribution in [0.5, 0.6) is 5.75 Å². The average molecular weight is 477 g/mol. The monoisotopic (exact) mass is 476 g/mol. The number of hydrogen-bond donors (Lipinski definition) is 1. The largest absolute Gasteiger partial charge is 0.483 e. The molecule has 1 N–H and O–H groups in total. The Labute approximate surface area is 203 Å². The van der Waals surface area contributed by atoms with Gasteiger partial charge in [-0.05, 0) is 48.2 Å². The van der Waals surface area contributed by atoms with E-state index in [1.807, 2.05) is 66.9 Å². The topological polar surface area (TPSA) is 51.2 Å². The van der Waals surface area contributed by atoms with Crippen molar-refractivity contribution in [1.82, 2.24) is 4.98 Å². The van der Waals surface area contributed by atoms with Crippen molar-refractivity contribution >= 4 is 34.5 Å². The van der Waals surface area contributed by atoms with Crippen molar-refractivity contribution in [3.63, 3.8) is 0 Å². The first-order valence-electron chi connectivity index (χ1n) is 10.7. The predicted molar refractivity (Wildman–Crippen MR) is 137 cm³/mol. The molecule has 0 spiro atoms. The molecule has 0 saturated heterocycles. The molecule has 33 heavy (non-hydrogen) atoms. The highest BCUT2D eigenvalue weighted by Crippen LogP contribution is 2.33. The predicted octanol–water partition coefficient (Wildman–Crippen LogP) is 7.58. The van der Waals surface area contributed by atoms with E-state index in [2.05, 4.69) is 31.3 Å². The van der Waals surface area contributed by atoms with E-state index < -0.39 is 0 Å². The summed E-state index contributed by atoms with van der Waals surface area (Å²) in [6, 6.07) is 21.4. The normalized spacial score (nSPS) is 10.9. The van der Waals surface area contributed by atoms with E-state index in [0.29, 0.717) is 16.6 Å². The number of thiazole rings is 1. The summed E-state index contributed by atoms with van der Waals surface area (Å²) in [7, 11) is 0. The van der Waals surface area contributed by atoms with Gasteiger partial charge in [0, 0.05) is 22.2 Å². The third-order valence-corrected chi connectivity index (χ3v) is 6.41. The maximum absolute atomic E-state index is 12.6. The van der Waals surface area contributed by atoms with Crippen LogP contribution in [-0.2, 0) is 4.79 Å². The van der Waals surface area contributed by atoms with Gasteiger partial charge in [-0.3, -0.25) is 4.79 Å². The molecule has 168 valence electrons. The van der Waals surface area contributed by atoms with E-state index in [-0.39, 0.29) is 12.5 Å². The number of carbonyl (C=O) groups excluding carboxylic acids is 1. The molecule has 0 aliphatic heterocycles. The number of carbonyl (C=O) groups is 1. The highest BCUT2D eigenvalue weighted by molar-refractivity contribution is 7.13. The number of halogens is 1. The Balaban J connectivity index is 1.44. The quantitative estimate of drug-likeness (QED) is 0.299. The zero-order chi connectivity index (χ0) is 23.4. The number of hydrogen-bond acceptors (Lipinski definition) is 4. The molecule has 0 radical (unpaired) electrons. The van der Waals surface area contributed by atoms with Crippen molar-refractivity contribution in [2.45, 2.75) is 26.7 Å². The summed E-state index contributed by atoms with van der Waals surface area (Å²) >= 11 is 7.85. The maximum Gasteiger partial charge on any atom is 0.262 e. The van der Waals surface area contributed by atoms with Gasteiger partial charge in [-0.2, -0.15) is 0 Å².